The number of aliphatic imine (C=N–C) groups is 2. The van der Waals surface area contributed by atoms with Gasteiger partial charge in [0.2, 0.25) is 0 Å². The van der Waals surface area contributed by atoms with E-state index in [0.29, 0.717) is 17.8 Å². The number of carbonyl (C=O) groups is 1. The Bertz CT molecular complexity index is 704. The molecule has 4 nitrogen and oxygen atoms in total. The molecule has 1 unspecified atom stereocenters. The summed E-state index contributed by atoms with van der Waals surface area (Å²) < 4.78 is 77.3. The van der Waals surface area contributed by atoms with Gasteiger partial charge in [0.1, 0.15) is 6.34 Å². The Kier molecular flexibility index (Phi) is 4.92. The van der Waals surface area contributed by atoms with Crippen LogP contribution in [0.3, 0.4) is 0 Å². The lowest BCUT2D eigenvalue weighted by Gasteiger charge is -2.25. The molecule has 0 bridgehead atoms. The van der Waals surface area contributed by atoms with Gasteiger partial charge in [0.25, 0.3) is 5.91 Å². The van der Waals surface area contributed by atoms with E-state index in [1.165, 1.54) is 13.4 Å². The number of hydrogen-bond acceptors (Lipinski definition) is 3. The zero-order valence-electron chi connectivity index (χ0n) is 13.1. The molecule has 0 spiro atoms. The number of rotatable bonds is 3. The first kappa shape index (κ1) is 18.9. The first-order chi connectivity index (χ1) is 11.4. The maximum atomic E-state index is 12.9. The van der Waals surface area contributed by atoms with E-state index in [1.54, 1.807) is 6.92 Å². The van der Waals surface area contributed by atoms with Gasteiger partial charge in [0, 0.05) is 12.6 Å². The fourth-order valence-electron chi connectivity index (χ4n) is 2.21. The summed E-state index contributed by atoms with van der Waals surface area (Å²) in [6, 6.07) is 0.176. The molecule has 0 fully saturated rings. The first-order valence-corrected chi connectivity index (χ1v) is 7.02. The second kappa shape index (κ2) is 6.49. The number of amides is 1. The molecule has 25 heavy (non-hydrogen) atoms. The van der Waals surface area contributed by atoms with Crippen LogP contribution >= 0.6 is 0 Å². The van der Waals surface area contributed by atoms with Gasteiger partial charge >= 0.3 is 12.4 Å². The second-order valence-electron chi connectivity index (χ2n) is 5.46. The molecule has 0 aliphatic carbocycles. The monoisotopic (exact) mass is 365 g/mol. The summed E-state index contributed by atoms with van der Waals surface area (Å²) in [6.07, 6.45) is -8.75. The van der Waals surface area contributed by atoms with Crippen molar-refractivity contribution in [2.75, 3.05) is 13.6 Å². The number of carbonyl (C=O) groups excluding carboxylic acids is 1. The fourth-order valence-corrected chi connectivity index (χ4v) is 2.21. The van der Waals surface area contributed by atoms with Gasteiger partial charge in [-0.2, -0.15) is 26.3 Å². The molecular formula is C15H13F6N3O. The molecule has 0 aromatic heterocycles. The van der Waals surface area contributed by atoms with Gasteiger partial charge in [-0.15, -0.1) is 0 Å². The second-order valence-corrected chi connectivity index (χ2v) is 5.46. The Morgan fingerprint density at radius 3 is 2.00 bits per heavy atom. The van der Waals surface area contributed by atoms with Crippen LogP contribution in [0.2, 0.25) is 0 Å². The molecule has 1 amide bonds. The van der Waals surface area contributed by atoms with Crippen LogP contribution < -0.4 is 0 Å². The lowest BCUT2D eigenvalue weighted by molar-refractivity contribution is -0.143. The number of nitrogens with zero attached hydrogens (tertiary/aromatic N) is 3. The molecule has 2 rings (SSSR count). The molecule has 1 aliphatic heterocycles. The minimum Gasteiger partial charge on any atom is -0.334 e. The third-order valence-corrected chi connectivity index (χ3v) is 3.78. The number of halogens is 6. The van der Waals surface area contributed by atoms with Crippen LogP contribution in [0.4, 0.5) is 26.3 Å². The minimum absolute atomic E-state index is 0.0187. The fraction of sp³-hybridized carbons (Fsp3) is 0.400. The Hall–Kier alpha value is -2.39. The molecular weight excluding hydrogens is 352 g/mol. The molecule has 0 saturated carbocycles. The van der Waals surface area contributed by atoms with Crippen LogP contribution in [0.1, 0.15) is 28.4 Å². The van der Waals surface area contributed by atoms with Crippen LogP contribution in [0.5, 0.6) is 0 Å². The third-order valence-electron chi connectivity index (χ3n) is 3.78. The maximum absolute atomic E-state index is 12.9. The highest BCUT2D eigenvalue weighted by atomic mass is 19.4. The van der Waals surface area contributed by atoms with Crippen molar-refractivity contribution in [3.8, 4) is 0 Å². The van der Waals surface area contributed by atoms with E-state index in [2.05, 4.69) is 9.98 Å². The van der Waals surface area contributed by atoms with E-state index >= 15 is 0 Å². The van der Waals surface area contributed by atoms with Gasteiger partial charge in [-0.25, -0.2) is 4.99 Å². The molecule has 1 aromatic rings. The lowest BCUT2D eigenvalue weighted by Crippen LogP contribution is -2.41. The van der Waals surface area contributed by atoms with Crippen molar-refractivity contribution in [3.05, 3.63) is 34.9 Å². The van der Waals surface area contributed by atoms with Gasteiger partial charge in [-0.3, -0.25) is 9.79 Å². The number of alkyl halides is 6. The molecule has 10 heteroatoms. The highest BCUT2D eigenvalue weighted by Crippen LogP contribution is 2.36. The molecule has 1 aliphatic rings. The van der Waals surface area contributed by atoms with E-state index < -0.39 is 41.0 Å². The van der Waals surface area contributed by atoms with Crippen LogP contribution in [0, 0.1) is 0 Å². The lowest BCUT2D eigenvalue weighted by atomic mass is 10.0. The van der Waals surface area contributed by atoms with Crippen LogP contribution in [-0.2, 0) is 12.4 Å². The van der Waals surface area contributed by atoms with Crippen molar-refractivity contribution in [3.63, 3.8) is 0 Å². The molecule has 0 N–H and O–H groups in total. The van der Waals surface area contributed by atoms with Crippen molar-refractivity contribution < 1.29 is 31.1 Å². The topological polar surface area (TPSA) is 45.0 Å². The average molecular weight is 365 g/mol. The van der Waals surface area contributed by atoms with Crippen molar-refractivity contribution in [1.29, 1.82) is 0 Å². The minimum atomic E-state index is -5.01. The average Bonchev–Trinajstić information content (AvgIpc) is 3.05. The largest absolute Gasteiger partial charge is 0.416 e. The summed E-state index contributed by atoms with van der Waals surface area (Å²) in [5.74, 6) is -0.973. The molecule has 136 valence electrons. The maximum Gasteiger partial charge on any atom is 0.416 e. The van der Waals surface area contributed by atoms with Crippen molar-refractivity contribution in [1.82, 2.24) is 4.90 Å². The van der Waals surface area contributed by atoms with E-state index in [1.807, 2.05) is 0 Å². The van der Waals surface area contributed by atoms with Gasteiger partial charge in [0.15, 0.2) is 0 Å². The Morgan fingerprint density at radius 2 is 1.60 bits per heavy atom. The Balaban J connectivity index is 2.41. The van der Waals surface area contributed by atoms with Crippen molar-refractivity contribution in [2.45, 2.75) is 25.3 Å². The predicted molar refractivity (Wildman–Crippen MR) is 78.8 cm³/mol. The van der Waals surface area contributed by atoms with Gasteiger partial charge in [-0.05, 0) is 25.1 Å². The highest BCUT2D eigenvalue weighted by molar-refractivity contribution is 6.03. The first-order valence-electron chi connectivity index (χ1n) is 7.02. The zero-order chi connectivity index (χ0) is 19.0. The van der Waals surface area contributed by atoms with Gasteiger partial charge < -0.3 is 4.90 Å². The van der Waals surface area contributed by atoms with E-state index in [0.717, 1.165) is 4.90 Å². The summed E-state index contributed by atoms with van der Waals surface area (Å²) >= 11 is 0. The van der Waals surface area contributed by atoms with Crippen LogP contribution in [0.15, 0.2) is 28.2 Å². The predicted octanol–water partition coefficient (Wildman–Crippen LogP) is 3.67. The van der Waals surface area contributed by atoms with Gasteiger partial charge in [-0.1, -0.05) is 0 Å². The van der Waals surface area contributed by atoms with Crippen molar-refractivity contribution >= 4 is 18.0 Å². The zero-order valence-corrected chi connectivity index (χ0v) is 13.1. The quantitative estimate of drug-likeness (QED) is 0.754. The van der Waals surface area contributed by atoms with E-state index in [-0.39, 0.29) is 12.6 Å². The Morgan fingerprint density at radius 1 is 1.08 bits per heavy atom. The van der Waals surface area contributed by atoms with E-state index in [9.17, 15) is 31.1 Å². The molecule has 1 aromatic carbocycles. The van der Waals surface area contributed by atoms with Crippen LogP contribution in [0.25, 0.3) is 0 Å². The molecule has 1 atom stereocenters. The molecule has 0 radical (unpaired) electrons. The van der Waals surface area contributed by atoms with E-state index in [4.69, 9.17) is 0 Å². The molecule has 1 heterocycles. The smallest absolute Gasteiger partial charge is 0.334 e. The highest BCUT2D eigenvalue weighted by Gasteiger charge is 2.38. The summed E-state index contributed by atoms with van der Waals surface area (Å²) in [7, 11) is 1.28. The Labute approximate surface area is 138 Å². The van der Waals surface area contributed by atoms with Crippen LogP contribution in [-0.4, -0.2) is 42.5 Å². The van der Waals surface area contributed by atoms with Gasteiger partial charge in [0.05, 0.1) is 29.4 Å². The summed E-state index contributed by atoms with van der Waals surface area (Å²) in [5.41, 5.74) is -3.28. The summed E-state index contributed by atoms with van der Waals surface area (Å²) in [5, 5.41) is 0. The summed E-state index contributed by atoms with van der Waals surface area (Å²) in [6.45, 7) is 1.78. The normalized spacial score (nSPS) is 15.9. The summed E-state index contributed by atoms with van der Waals surface area (Å²) in [4.78, 5) is 21.2. The number of hydrogen-bond donors (Lipinski definition) is 0. The number of benzene rings is 1. The standard InChI is InChI=1S/C15H13F6N3O/c1-8(12-6-22-7-23-12)24(2)13(25)9-3-10(14(16,17)18)5-11(4-9)15(19,20)21/h3-5,7-8H,6H2,1-2H3. The SMILES string of the molecule is CC(C1=NC=NC1)N(C)C(=O)c1cc(C(F)(F)F)cc(C(F)(F)F)c1. The van der Waals surface area contributed by atoms with Crippen molar-refractivity contribution in [2.24, 2.45) is 9.98 Å². The third kappa shape index (κ3) is 4.18. The molecule has 0 saturated heterocycles.